The Morgan fingerprint density at radius 2 is 2.12 bits per heavy atom. The second-order valence-electron chi connectivity index (χ2n) is 2.61. The zero-order valence-electron chi connectivity index (χ0n) is 7.89. The molecule has 2 heterocycles. The maximum atomic E-state index is 5.94. The van der Waals surface area contributed by atoms with E-state index < -0.39 is 0 Å². The van der Waals surface area contributed by atoms with Crippen molar-refractivity contribution in [3.05, 3.63) is 34.6 Å². The van der Waals surface area contributed by atoms with Crippen LogP contribution in [0, 0.1) is 0 Å². The smallest absolute Gasteiger partial charge is 0.154 e. The summed E-state index contributed by atoms with van der Waals surface area (Å²) < 4.78 is 0.976. The summed E-state index contributed by atoms with van der Waals surface area (Å²) in [5, 5.41) is 2.40. The first-order valence-corrected chi connectivity index (χ1v) is 6.69. The van der Waals surface area contributed by atoms with E-state index >= 15 is 0 Å². The number of halogens is 3. The van der Waals surface area contributed by atoms with Gasteiger partial charge in [-0.05, 0) is 6.07 Å². The Morgan fingerprint density at radius 1 is 1.31 bits per heavy atom. The van der Waals surface area contributed by atoms with E-state index in [9.17, 15) is 0 Å². The van der Waals surface area contributed by atoms with Gasteiger partial charge in [-0.2, -0.15) is 0 Å². The number of nitrogens with zero attached hydrogens (tertiary/aromatic N) is 2. The lowest BCUT2D eigenvalue weighted by molar-refractivity contribution is 1.15. The van der Waals surface area contributed by atoms with Crippen molar-refractivity contribution in [3.8, 4) is 0 Å². The molecule has 0 radical (unpaired) electrons. The van der Waals surface area contributed by atoms with Gasteiger partial charge in [0.25, 0.3) is 0 Å². The second kappa shape index (κ2) is 6.67. The van der Waals surface area contributed by atoms with E-state index in [0.29, 0.717) is 11.0 Å². The van der Waals surface area contributed by atoms with E-state index in [1.807, 2.05) is 11.4 Å². The lowest BCUT2D eigenvalue weighted by atomic mass is 10.3. The van der Waals surface area contributed by atoms with Crippen LogP contribution >= 0.6 is 58.7 Å². The van der Waals surface area contributed by atoms with Gasteiger partial charge in [-0.15, -0.1) is 35.3 Å². The van der Waals surface area contributed by atoms with Gasteiger partial charge >= 0.3 is 0 Å². The highest BCUT2D eigenvalue weighted by molar-refractivity contribution is 8.01. The molecular formula is C9H7Cl3N2S2. The van der Waals surface area contributed by atoms with Crippen LogP contribution in [-0.2, 0) is 5.88 Å². The predicted molar refractivity (Wildman–Crippen MR) is 72.3 cm³/mol. The van der Waals surface area contributed by atoms with Crippen LogP contribution in [0.5, 0.6) is 0 Å². The van der Waals surface area contributed by atoms with Crippen molar-refractivity contribution in [2.24, 2.45) is 0 Å². The highest BCUT2D eigenvalue weighted by atomic mass is 35.5. The molecule has 0 fully saturated rings. The molecule has 0 aliphatic carbocycles. The Bertz CT molecular complexity index is 448. The molecule has 0 saturated carbocycles. The Morgan fingerprint density at radius 3 is 2.75 bits per heavy atom. The minimum atomic E-state index is 0. The van der Waals surface area contributed by atoms with Crippen LogP contribution in [0.3, 0.4) is 0 Å². The van der Waals surface area contributed by atoms with E-state index in [4.69, 9.17) is 23.2 Å². The third-order valence-electron chi connectivity index (χ3n) is 1.70. The fourth-order valence-corrected chi connectivity index (χ4v) is 3.43. The average molecular weight is 314 g/mol. The maximum absolute atomic E-state index is 5.94. The van der Waals surface area contributed by atoms with Gasteiger partial charge in [0.2, 0.25) is 0 Å². The number of alkyl halides is 1. The molecule has 0 bridgehead atoms. The van der Waals surface area contributed by atoms with Crippen LogP contribution in [0.2, 0.25) is 5.15 Å². The minimum absolute atomic E-state index is 0. The quantitative estimate of drug-likeness (QED) is 0.616. The van der Waals surface area contributed by atoms with Crippen molar-refractivity contribution in [1.29, 1.82) is 0 Å². The third kappa shape index (κ3) is 3.25. The van der Waals surface area contributed by atoms with Gasteiger partial charge in [0.15, 0.2) is 4.34 Å². The lowest BCUT2D eigenvalue weighted by Crippen LogP contribution is -1.88. The van der Waals surface area contributed by atoms with Crippen molar-refractivity contribution in [2.75, 3.05) is 0 Å². The molecule has 0 unspecified atom stereocenters. The second-order valence-corrected chi connectivity index (χ2v) is 5.42. The van der Waals surface area contributed by atoms with E-state index in [-0.39, 0.29) is 12.4 Å². The van der Waals surface area contributed by atoms with Gasteiger partial charge in [-0.25, -0.2) is 9.97 Å². The zero-order valence-corrected chi connectivity index (χ0v) is 11.9. The summed E-state index contributed by atoms with van der Waals surface area (Å²) in [7, 11) is 0. The molecule has 16 heavy (non-hydrogen) atoms. The van der Waals surface area contributed by atoms with Crippen molar-refractivity contribution in [1.82, 2.24) is 9.97 Å². The van der Waals surface area contributed by atoms with Crippen molar-refractivity contribution in [3.63, 3.8) is 0 Å². The molecule has 0 N–H and O–H groups in total. The summed E-state index contributed by atoms with van der Waals surface area (Å²) in [6.07, 6.45) is 3.45. The molecule has 0 aliphatic rings. The van der Waals surface area contributed by atoms with Crippen LogP contribution in [0.15, 0.2) is 33.1 Å². The van der Waals surface area contributed by atoms with Gasteiger partial charge < -0.3 is 0 Å². The minimum Gasteiger partial charge on any atom is -0.244 e. The fourth-order valence-electron chi connectivity index (χ4n) is 1.02. The van der Waals surface area contributed by atoms with Crippen LogP contribution in [0.4, 0.5) is 0 Å². The number of hydrogen-bond acceptors (Lipinski definition) is 4. The van der Waals surface area contributed by atoms with Gasteiger partial charge in [-0.1, -0.05) is 23.4 Å². The summed E-state index contributed by atoms with van der Waals surface area (Å²) in [6.45, 7) is 0. The average Bonchev–Trinajstić information content (AvgIpc) is 2.71. The summed E-state index contributed by atoms with van der Waals surface area (Å²) in [4.78, 5) is 9.20. The molecule has 86 valence electrons. The topological polar surface area (TPSA) is 25.8 Å². The maximum Gasteiger partial charge on any atom is 0.154 e. The van der Waals surface area contributed by atoms with Crippen LogP contribution in [0.1, 0.15) is 5.56 Å². The Kier molecular flexibility index (Phi) is 5.86. The van der Waals surface area contributed by atoms with Crippen molar-refractivity contribution in [2.45, 2.75) is 15.1 Å². The normalized spacial score (nSPS) is 9.88. The predicted octanol–water partition coefficient (Wildman–Crippen LogP) is 4.50. The molecule has 2 aromatic rings. The molecule has 2 nitrogen and oxygen atoms in total. The molecule has 0 aromatic carbocycles. The Labute approximate surface area is 118 Å². The number of pyridine rings is 1. The van der Waals surface area contributed by atoms with Crippen molar-refractivity contribution >= 4 is 58.7 Å². The van der Waals surface area contributed by atoms with Gasteiger partial charge in [0.1, 0.15) is 5.15 Å². The molecule has 2 aromatic heterocycles. The monoisotopic (exact) mass is 312 g/mol. The standard InChI is InChI=1S/C9H6Cl2N2S2.ClH/c10-5-6-7(1-2-12-8(6)11)15-9-13-3-4-14-9;/h1-4H,5H2;1H. The highest BCUT2D eigenvalue weighted by Gasteiger charge is 2.09. The molecule has 0 saturated heterocycles. The Balaban J connectivity index is 0.00000128. The molecular weight excluding hydrogens is 307 g/mol. The van der Waals surface area contributed by atoms with Crippen LogP contribution < -0.4 is 0 Å². The third-order valence-corrected chi connectivity index (χ3v) is 4.28. The molecule has 0 atom stereocenters. The molecule has 0 amide bonds. The van der Waals surface area contributed by atoms with Crippen LogP contribution in [-0.4, -0.2) is 9.97 Å². The number of thiazole rings is 1. The highest BCUT2D eigenvalue weighted by Crippen LogP contribution is 2.34. The van der Waals surface area contributed by atoms with Gasteiger partial charge in [0, 0.05) is 28.2 Å². The zero-order chi connectivity index (χ0) is 10.7. The molecule has 7 heteroatoms. The summed E-state index contributed by atoms with van der Waals surface area (Å²) in [5.74, 6) is 0.361. The SMILES string of the molecule is Cl.ClCc1c(Sc2nccs2)ccnc1Cl. The fraction of sp³-hybridized carbons (Fsp3) is 0.111. The van der Waals surface area contributed by atoms with Crippen molar-refractivity contribution < 1.29 is 0 Å². The van der Waals surface area contributed by atoms with E-state index in [1.54, 1.807) is 35.5 Å². The van der Waals surface area contributed by atoms with E-state index in [0.717, 1.165) is 14.8 Å². The molecule has 0 aliphatic heterocycles. The first-order valence-electron chi connectivity index (χ1n) is 4.08. The first-order chi connectivity index (χ1) is 7.31. The number of rotatable bonds is 3. The van der Waals surface area contributed by atoms with Gasteiger partial charge in [0.05, 0.1) is 5.88 Å². The number of hydrogen-bond donors (Lipinski definition) is 0. The summed E-state index contributed by atoms with van der Waals surface area (Å²) >= 11 is 14.9. The summed E-state index contributed by atoms with van der Waals surface area (Å²) in [5.41, 5.74) is 0.862. The number of aromatic nitrogens is 2. The molecule has 0 spiro atoms. The first kappa shape index (κ1) is 14.1. The van der Waals surface area contributed by atoms with E-state index in [2.05, 4.69) is 9.97 Å². The summed E-state index contributed by atoms with van der Waals surface area (Å²) in [6, 6.07) is 1.90. The Hall–Kier alpha value is -0.000000000000000111. The molecule has 2 rings (SSSR count). The van der Waals surface area contributed by atoms with E-state index in [1.165, 1.54) is 0 Å². The van der Waals surface area contributed by atoms with Crippen LogP contribution in [0.25, 0.3) is 0 Å². The van der Waals surface area contributed by atoms with Gasteiger partial charge in [-0.3, -0.25) is 0 Å². The largest absolute Gasteiger partial charge is 0.244 e. The lowest BCUT2D eigenvalue weighted by Gasteiger charge is -2.05.